The Balaban J connectivity index is 2.10. The molecule has 1 atom stereocenters. The maximum Gasteiger partial charge on any atom is 0.141 e. The van der Waals surface area contributed by atoms with Crippen LogP contribution in [0.25, 0.3) is 0 Å². The van der Waals surface area contributed by atoms with E-state index in [1.165, 1.54) is 11.1 Å². The third-order valence-corrected chi connectivity index (χ3v) is 4.44. The van der Waals surface area contributed by atoms with Crippen molar-refractivity contribution in [1.82, 2.24) is 5.32 Å². The zero-order valence-electron chi connectivity index (χ0n) is 11.4. The maximum atomic E-state index is 5.58. The topological polar surface area (TPSA) is 30.5 Å². The van der Waals surface area contributed by atoms with Crippen LogP contribution in [0.2, 0.25) is 0 Å². The minimum absolute atomic E-state index is 0.156. The van der Waals surface area contributed by atoms with Gasteiger partial charge in [0.1, 0.15) is 16.0 Å². The largest absolute Gasteiger partial charge is 0.495 e. The van der Waals surface area contributed by atoms with Crippen molar-refractivity contribution < 1.29 is 9.47 Å². The molecular formula is C16H16BrNO2. The summed E-state index contributed by atoms with van der Waals surface area (Å²) in [6.45, 7) is 0.883. The number of hydrogen-bond donors (Lipinski definition) is 1. The number of rotatable bonds is 3. The van der Waals surface area contributed by atoms with Gasteiger partial charge in [-0.25, -0.2) is 0 Å². The second-order valence-corrected chi connectivity index (χ2v) is 5.51. The lowest BCUT2D eigenvalue weighted by Gasteiger charge is -2.19. The quantitative estimate of drug-likeness (QED) is 0.929. The van der Waals surface area contributed by atoms with E-state index < -0.39 is 0 Å². The second kappa shape index (κ2) is 5.46. The first-order chi connectivity index (χ1) is 9.76. The summed E-state index contributed by atoms with van der Waals surface area (Å²) >= 11 is 3.56. The summed E-state index contributed by atoms with van der Waals surface area (Å²) in [5, 5.41) is 3.54. The van der Waals surface area contributed by atoms with Gasteiger partial charge in [0.25, 0.3) is 0 Å². The van der Waals surface area contributed by atoms with Crippen LogP contribution in [0.4, 0.5) is 0 Å². The molecule has 0 radical (unpaired) electrons. The minimum Gasteiger partial charge on any atom is -0.495 e. The van der Waals surface area contributed by atoms with Crippen LogP contribution in [-0.4, -0.2) is 14.2 Å². The summed E-state index contributed by atoms with van der Waals surface area (Å²) in [6.07, 6.45) is 0. The van der Waals surface area contributed by atoms with Gasteiger partial charge < -0.3 is 14.8 Å². The van der Waals surface area contributed by atoms with Gasteiger partial charge in [-0.3, -0.25) is 0 Å². The highest BCUT2D eigenvalue weighted by Crippen LogP contribution is 2.43. The monoisotopic (exact) mass is 333 g/mol. The van der Waals surface area contributed by atoms with Crippen LogP contribution in [-0.2, 0) is 6.54 Å². The average molecular weight is 334 g/mol. The third kappa shape index (κ3) is 2.09. The van der Waals surface area contributed by atoms with Crippen molar-refractivity contribution in [2.45, 2.75) is 12.6 Å². The van der Waals surface area contributed by atoms with Gasteiger partial charge in [0.05, 0.1) is 20.3 Å². The van der Waals surface area contributed by atoms with E-state index in [-0.39, 0.29) is 6.04 Å². The number of benzene rings is 2. The Morgan fingerprint density at radius 2 is 1.85 bits per heavy atom. The molecule has 0 saturated heterocycles. The first kappa shape index (κ1) is 13.5. The van der Waals surface area contributed by atoms with Crippen LogP contribution < -0.4 is 14.8 Å². The fourth-order valence-electron chi connectivity index (χ4n) is 2.72. The normalized spacial score (nSPS) is 16.9. The zero-order chi connectivity index (χ0) is 14.1. The summed E-state index contributed by atoms with van der Waals surface area (Å²) in [6, 6.07) is 12.6. The summed E-state index contributed by atoms with van der Waals surface area (Å²) in [7, 11) is 3.34. The van der Waals surface area contributed by atoms with E-state index in [1.807, 2.05) is 6.07 Å². The second-order valence-electron chi connectivity index (χ2n) is 4.72. The molecule has 0 saturated carbocycles. The van der Waals surface area contributed by atoms with E-state index in [2.05, 4.69) is 51.6 Å². The Labute approximate surface area is 127 Å². The van der Waals surface area contributed by atoms with Crippen molar-refractivity contribution in [3.8, 4) is 11.5 Å². The molecule has 1 aliphatic heterocycles. The number of methoxy groups -OCH3 is 2. The van der Waals surface area contributed by atoms with Gasteiger partial charge in [-0.15, -0.1) is 0 Å². The summed E-state index contributed by atoms with van der Waals surface area (Å²) < 4.78 is 11.8. The van der Waals surface area contributed by atoms with E-state index in [9.17, 15) is 0 Å². The Bertz CT molecular complexity index is 642. The lowest BCUT2D eigenvalue weighted by atomic mass is 9.97. The van der Waals surface area contributed by atoms with Crippen molar-refractivity contribution in [3.05, 3.63) is 57.6 Å². The zero-order valence-corrected chi connectivity index (χ0v) is 13.0. The van der Waals surface area contributed by atoms with Crippen molar-refractivity contribution >= 4 is 15.9 Å². The standard InChI is InChI=1S/C16H16BrNO2/c1-19-13-8-7-12(16(20-2)14(13)17)15-11-6-4-3-5-10(11)9-18-15/h3-8,15,18H,9H2,1-2H3. The molecular weight excluding hydrogens is 318 g/mol. The molecule has 0 spiro atoms. The summed E-state index contributed by atoms with van der Waals surface area (Å²) in [4.78, 5) is 0. The summed E-state index contributed by atoms with van der Waals surface area (Å²) in [5.41, 5.74) is 3.76. The molecule has 3 rings (SSSR count). The van der Waals surface area contributed by atoms with Crippen molar-refractivity contribution in [1.29, 1.82) is 0 Å². The summed E-state index contributed by atoms with van der Waals surface area (Å²) in [5.74, 6) is 1.59. The van der Waals surface area contributed by atoms with E-state index in [0.717, 1.165) is 28.1 Å². The molecule has 1 N–H and O–H groups in total. The number of fused-ring (bicyclic) bond motifs is 1. The SMILES string of the molecule is COc1ccc(C2NCc3ccccc32)c(OC)c1Br. The lowest BCUT2D eigenvalue weighted by Crippen LogP contribution is -2.14. The first-order valence-electron chi connectivity index (χ1n) is 6.47. The first-order valence-corrected chi connectivity index (χ1v) is 7.27. The van der Waals surface area contributed by atoms with E-state index in [4.69, 9.17) is 9.47 Å². The van der Waals surface area contributed by atoms with E-state index >= 15 is 0 Å². The van der Waals surface area contributed by atoms with Crippen molar-refractivity contribution in [2.75, 3.05) is 14.2 Å². The van der Waals surface area contributed by atoms with E-state index in [0.29, 0.717) is 0 Å². The van der Waals surface area contributed by atoms with Crippen molar-refractivity contribution in [2.24, 2.45) is 0 Å². The molecule has 0 bridgehead atoms. The van der Waals surface area contributed by atoms with Crippen LogP contribution in [0.5, 0.6) is 11.5 Å². The van der Waals surface area contributed by atoms with Gasteiger partial charge in [-0.05, 0) is 39.2 Å². The molecule has 2 aromatic rings. The fourth-order valence-corrected chi connectivity index (χ4v) is 3.41. The van der Waals surface area contributed by atoms with Gasteiger partial charge in [-0.1, -0.05) is 24.3 Å². The predicted octanol–water partition coefficient (Wildman–Crippen LogP) is 3.66. The molecule has 1 heterocycles. The Hall–Kier alpha value is -1.52. The maximum absolute atomic E-state index is 5.58. The number of hydrogen-bond acceptors (Lipinski definition) is 3. The van der Waals surface area contributed by atoms with Crippen LogP contribution in [0.1, 0.15) is 22.7 Å². The Kier molecular flexibility index (Phi) is 3.68. The highest BCUT2D eigenvalue weighted by atomic mass is 79.9. The van der Waals surface area contributed by atoms with Gasteiger partial charge in [0, 0.05) is 12.1 Å². The predicted molar refractivity (Wildman–Crippen MR) is 82.4 cm³/mol. The minimum atomic E-state index is 0.156. The molecule has 0 aromatic heterocycles. The molecule has 0 amide bonds. The van der Waals surface area contributed by atoms with Crippen LogP contribution in [0.15, 0.2) is 40.9 Å². The highest BCUT2D eigenvalue weighted by molar-refractivity contribution is 9.10. The number of nitrogens with one attached hydrogen (secondary N) is 1. The van der Waals surface area contributed by atoms with E-state index in [1.54, 1.807) is 14.2 Å². The smallest absolute Gasteiger partial charge is 0.141 e. The average Bonchev–Trinajstić information content (AvgIpc) is 2.90. The van der Waals surface area contributed by atoms with Crippen LogP contribution in [0, 0.1) is 0 Å². The molecule has 0 aliphatic carbocycles. The molecule has 4 heteroatoms. The molecule has 20 heavy (non-hydrogen) atoms. The van der Waals surface area contributed by atoms with Gasteiger partial charge >= 0.3 is 0 Å². The van der Waals surface area contributed by atoms with Crippen LogP contribution >= 0.6 is 15.9 Å². The van der Waals surface area contributed by atoms with Gasteiger partial charge in [-0.2, -0.15) is 0 Å². The third-order valence-electron chi connectivity index (χ3n) is 3.69. The highest BCUT2D eigenvalue weighted by Gasteiger charge is 2.27. The van der Waals surface area contributed by atoms with Gasteiger partial charge in [0.15, 0.2) is 0 Å². The van der Waals surface area contributed by atoms with Crippen LogP contribution in [0.3, 0.4) is 0 Å². The Morgan fingerprint density at radius 3 is 2.60 bits per heavy atom. The fraction of sp³-hybridized carbons (Fsp3) is 0.250. The number of ether oxygens (including phenoxy) is 2. The molecule has 1 aliphatic rings. The van der Waals surface area contributed by atoms with Crippen molar-refractivity contribution in [3.63, 3.8) is 0 Å². The molecule has 1 unspecified atom stereocenters. The molecule has 3 nitrogen and oxygen atoms in total. The Morgan fingerprint density at radius 1 is 1.05 bits per heavy atom. The molecule has 0 fully saturated rings. The number of halogens is 1. The van der Waals surface area contributed by atoms with Gasteiger partial charge in [0.2, 0.25) is 0 Å². The lowest BCUT2D eigenvalue weighted by molar-refractivity contribution is 0.383. The molecule has 2 aromatic carbocycles. The molecule has 104 valence electrons.